The molecule has 0 aliphatic rings. The van der Waals surface area contributed by atoms with Gasteiger partial charge in [-0.3, -0.25) is 4.68 Å². The first-order chi connectivity index (χ1) is 7.56. The Morgan fingerprint density at radius 3 is 2.62 bits per heavy atom. The normalized spacial score (nSPS) is 13.1. The second-order valence-electron chi connectivity index (χ2n) is 4.43. The van der Waals surface area contributed by atoms with Crippen LogP contribution in [0.4, 0.5) is 0 Å². The lowest BCUT2D eigenvalue weighted by Gasteiger charge is -2.11. The lowest BCUT2D eigenvalue weighted by atomic mass is 10.0. The zero-order valence-electron chi connectivity index (χ0n) is 10.5. The predicted molar refractivity (Wildman–Crippen MR) is 71.5 cm³/mol. The van der Waals surface area contributed by atoms with Gasteiger partial charge in [-0.05, 0) is 29.3 Å². The molecule has 2 N–H and O–H groups in total. The molecule has 0 aliphatic carbocycles. The smallest absolute Gasteiger partial charge is 0.0738 e. The highest BCUT2D eigenvalue weighted by Crippen LogP contribution is 2.22. The number of hydrogen-bond donors (Lipinski definition) is 1. The van der Waals surface area contributed by atoms with Crippen LogP contribution in [0.3, 0.4) is 0 Å². The van der Waals surface area contributed by atoms with E-state index in [4.69, 9.17) is 5.73 Å². The highest BCUT2D eigenvalue weighted by Gasteiger charge is 2.13. The molecule has 0 saturated carbocycles. The molecule has 0 aliphatic heterocycles. The molecule has 0 radical (unpaired) electrons. The van der Waals surface area contributed by atoms with Crippen molar-refractivity contribution in [3.63, 3.8) is 0 Å². The van der Waals surface area contributed by atoms with Crippen molar-refractivity contribution in [1.82, 2.24) is 9.78 Å². The molecule has 0 fully saturated rings. The van der Waals surface area contributed by atoms with Crippen molar-refractivity contribution in [3.8, 4) is 0 Å². The molecule has 1 aromatic rings. The molecular weight excluding hydrogens is 266 g/mol. The minimum absolute atomic E-state index is 0.248. The molecule has 0 spiro atoms. The van der Waals surface area contributed by atoms with E-state index >= 15 is 0 Å². The Balaban J connectivity index is 2.52. The van der Waals surface area contributed by atoms with Gasteiger partial charge in [-0.1, -0.05) is 26.2 Å². The second kappa shape index (κ2) is 6.40. The van der Waals surface area contributed by atoms with Gasteiger partial charge in [-0.2, -0.15) is 5.10 Å². The van der Waals surface area contributed by atoms with Crippen LogP contribution in [-0.4, -0.2) is 15.8 Å². The molecule has 1 atom stereocenters. The lowest BCUT2D eigenvalue weighted by Crippen LogP contribution is -2.24. The monoisotopic (exact) mass is 287 g/mol. The van der Waals surface area contributed by atoms with Gasteiger partial charge in [0.2, 0.25) is 0 Å². The van der Waals surface area contributed by atoms with Crippen LogP contribution in [0.25, 0.3) is 0 Å². The van der Waals surface area contributed by atoms with Crippen LogP contribution in [0.2, 0.25) is 0 Å². The van der Waals surface area contributed by atoms with E-state index < -0.39 is 0 Å². The first kappa shape index (κ1) is 13.7. The molecule has 0 bridgehead atoms. The van der Waals surface area contributed by atoms with Gasteiger partial charge in [0.15, 0.2) is 0 Å². The summed E-state index contributed by atoms with van der Waals surface area (Å²) in [7, 11) is 1.98. The SMILES string of the molecule is CCCCCC(N)Cc1c(Br)c(C)nn1C. The highest BCUT2D eigenvalue weighted by molar-refractivity contribution is 9.10. The van der Waals surface area contributed by atoms with Crippen LogP contribution >= 0.6 is 15.9 Å². The Hall–Kier alpha value is -0.350. The molecule has 1 unspecified atom stereocenters. The van der Waals surface area contributed by atoms with E-state index in [1.165, 1.54) is 25.0 Å². The van der Waals surface area contributed by atoms with E-state index in [1.807, 2.05) is 18.7 Å². The van der Waals surface area contributed by atoms with Gasteiger partial charge >= 0.3 is 0 Å². The summed E-state index contributed by atoms with van der Waals surface area (Å²) in [6.07, 6.45) is 5.76. The van der Waals surface area contributed by atoms with Gasteiger partial charge in [0.05, 0.1) is 15.9 Å². The van der Waals surface area contributed by atoms with Crippen molar-refractivity contribution in [2.45, 2.75) is 52.0 Å². The van der Waals surface area contributed by atoms with Gasteiger partial charge < -0.3 is 5.73 Å². The van der Waals surface area contributed by atoms with E-state index in [1.54, 1.807) is 0 Å². The van der Waals surface area contributed by atoms with Crippen LogP contribution < -0.4 is 5.73 Å². The van der Waals surface area contributed by atoms with Crippen LogP contribution in [0.1, 0.15) is 44.0 Å². The lowest BCUT2D eigenvalue weighted by molar-refractivity contribution is 0.539. The third kappa shape index (κ3) is 3.59. The first-order valence-corrected chi connectivity index (χ1v) is 6.79. The fourth-order valence-corrected chi connectivity index (χ4v) is 2.41. The minimum atomic E-state index is 0.248. The van der Waals surface area contributed by atoms with Crippen LogP contribution in [0.15, 0.2) is 4.47 Å². The molecule has 4 heteroatoms. The maximum atomic E-state index is 6.13. The zero-order chi connectivity index (χ0) is 12.1. The van der Waals surface area contributed by atoms with E-state index in [2.05, 4.69) is 28.0 Å². The number of aromatic nitrogens is 2. The summed E-state index contributed by atoms with van der Waals surface area (Å²) in [6, 6.07) is 0.248. The summed E-state index contributed by atoms with van der Waals surface area (Å²) in [5.74, 6) is 0. The predicted octanol–water partition coefficient (Wildman–Crippen LogP) is 2.94. The molecule has 92 valence electrons. The van der Waals surface area contributed by atoms with Gasteiger partial charge in [-0.15, -0.1) is 0 Å². The molecule has 3 nitrogen and oxygen atoms in total. The van der Waals surface area contributed by atoms with Crippen LogP contribution in [-0.2, 0) is 13.5 Å². The van der Waals surface area contributed by atoms with E-state index in [0.29, 0.717) is 0 Å². The van der Waals surface area contributed by atoms with Crippen LogP contribution in [0, 0.1) is 6.92 Å². The molecule has 0 amide bonds. The number of aryl methyl sites for hydroxylation is 2. The minimum Gasteiger partial charge on any atom is -0.327 e. The van der Waals surface area contributed by atoms with Crippen molar-refractivity contribution in [2.75, 3.05) is 0 Å². The Kier molecular flexibility index (Phi) is 5.49. The van der Waals surface area contributed by atoms with Crippen molar-refractivity contribution >= 4 is 15.9 Å². The van der Waals surface area contributed by atoms with Crippen molar-refractivity contribution in [3.05, 3.63) is 15.9 Å². The topological polar surface area (TPSA) is 43.8 Å². The summed E-state index contributed by atoms with van der Waals surface area (Å²) in [6.45, 7) is 4.22. The number of hydrogen-bond acceptors (Lipinski definition) is 2. The van der Waals surface area contributed by atoms with E-state index in [-0.39, 0.29) is 6.04 Å². The Morgan fingerprint density at radius 1 is 1.44 bits per heavy atom. The average Bonchev–Trinajstić information content (AvgIpc) is 2.46. The molecule has 1 aromatic heterocycles. The largest absolute Gasteiger partial charge is 0.327 e. The number of nitrogens with zero attached hydrogens (tertiary/aromatic N) is 2. The second-order valence-corrected chi connectivity index (χ2v) is 5.22. The number of halogens is 1. The summed E-state index contributed by atoms with van der Waals surface area (Å²) >= 11 is 3.57. The maximum absolute atomic E-state index is 6.13. The van der Waals surface area contributed by atoms with E-state index in [9.17, 15) is 0 Å². The van der Waals surface area contributed by atoms with Gasteiger partial charge in [0.1, 0.15) is 0 Å². The summed E-state index contributed by atoms with van der Waals surface area (Å²) in [4.78, 5) is 0. The highest BCUT2D eigenvalue weighted by atomic mass is 79.9. The van der Waals surface area contributed by atoms with Crippen LogP contribution in [0.5, 0.6) is 0 Å². The van der Waals surface area contributed by atoms with Crippen molar-refractivity contribution < 1.29 is 0 Å². The number of unbranched alkanes of at least 4 members (excludes halogenated alkanes) is 2. The summed E-state index contributed by atoms with van der Waals surface area (Å²) < 4.78 is 3.04. The Morgan fingerprint density at radius 2 is 2.12 bits per heavy atom. The Bertz CT molecular complexity index is 333. The molecule has 1 rings (SSSR count). The van der Waals surface area contributed by atoms with Gasteiger partial charge in [0, 0.05) is 19.5 Å². The summed E-state index contributed by atoms with van der Waals surface area (Å²) in [5, 5.41) is 4.37. The third-order valence-electron chi connectivity index (χ3n) is 2.90. The first-order valence-electron chi connectivity index (χ1n) is 5.99. The molecular formula is C12H22BrN3. The standard InChI is InChI=1S/C12H22BrN3/c1-4-5-6-7-10(14)8-11-12(13)9(2)15-16(11)3/h10H,4-8,14H2,1-3H3. The molecule has 16 heavy (non-hydrogen) atoms. The average molecular weight is 288 g/mol. The molecule has 1 heterocycles. The third-order valence-corrected chi connectivity index (χ3v) is 3.93. The fraction of sp³-hybridized carbons (Fsp3) is 0.750. The van der Waals surface area contributed by atoms with Gasteiger partial charge in [0.25, 0.3) is 0 Å². The van der Waals surface area contributed by atoms with Gasteiger partial charge in [-0.25, -0.2) is 0 Å². The van der Waals surface area contributed by atoms with Crippen molar-refractivity contribution in [2.24, 2.45) is 12.8 Å². The van der Waals surface area contributed by atoms with Crippen molar-refractivity contribution in [1.29, 1.82) is 0 Å². The summed E-state index contributed by atoms with van der Waals surface area (Å²) in [5.41, 5.74) is 8.38. The number of nitrogens with two attached hydrogens (primary N) is 1. The quantitative estimate of drug-likeness (QED) is 0.818. The Labute approximate surface area is 107 Å². The maximum Gasteiger partial charge on any atom is 0.0738 e. The van der Waals surface area contributed by atoms with E-state index in [0.717, 1.165) is 23.0 Å². The molecule has 0 saturated heterocycles. The molecule has 0 aromatic carbocycles. The fourth-order valence-electron chi connectivity index (χ4n) is 1.91. The number of rotatable bonds is 6. The zero-order valence-corrected chi connectivity index (χ0v) is 12.0.